The van der Waals surface area contributed by atoms with E-state index in [2.05, 4.69) is 0 Å². The summed E-state index contributed by atoms with van der Waals surface area (Å²) in [5.41, 5.74) is 0.598. The Kier molecular flexibility index (Phi) is 4.00. The van der Waals surface area contributed by atoms with Gasteiger partial charge in [0.25, 0.3) is 0 Å². The summed E-state index contributed by atoms with van der Waals surface area (Å²) in [5.74, 6) is -1.10. The third kappa shape index (κ3) is 3.14. The van der Waals surface area contributed by atoms with E-state index in [1.54, 1.807) is 12.1 Å². The van der Waals surface area contributed by atoms with Crippen molar-refractivity contribution in [3.05, 3.63) is 59.7 Å². The van der Waals surface area contributed by atoms with Gasteiger partial charge in [0.2, 0.25) is 0 Å². The first-order valence-electron chi connectivity index (χ1n) is 5.85. The quantitative estimate of drug-likeness (QED) is 0.814. The average Bonchev–Trinajstić information content (AvgIpc) is 2.45. The molecular weight excluding hydrogens is 260 g/mol. The third-order valence-corrected chi connectivity index (χ3v) is 2.63. The molecule has 0 atom stereocenters. The summed E-state index contributed by atoms with van der Waals surface area (Å²) in [6, 6.07) is 12.3. The van der Waals surface area contributed by atoms with E-state index in [9.17, 15) is 14.7 Å². The van der Waals surface area contributed by atoms with Gasteiger partial charge in [-0.05, 0) is 36.4 Å². The van der Waals surface area contributed by atoms with Gasteiger partial charge >= 0.3 is 5.97 Å². The zero-order valence-corrected chi connectivity index (χ0v) is 10.4. The molecule has 0 saturated carbocycles. The maximum atomic E-state index is 12.1. The number of phenols is 1. The van der Waals surface area contributed by atoms with E-state index in [-0.39, 0.29) is 17.1 Å². The Morgan fingerprint density at radius 1 is 1.00 bits per heavy atom. The molecule has 0 amide bonds. The van der Waals surface area contributed by atoms with Crippen molar-refractivity contribution in [2.75, 3.05) is 6.61 Å². The van der Waals surface area contributed by atoms with Crippen LogP contribution in [0.3, 0.4) is 0 Å². The molecule has 0 aliphatic heterocycles. The lowest BCUT2D eigenvalue weighted by Crippen LogP contribution is -2.09. The van der Waals surface area contributed by atoms with Crippen molar-refractivity contribution < 1.29 is 24.5 Å². The summed E-state index contributed by atoms with van der Waals surface area (Å²) < 4.78 is 4.97. The normalized spacial score (nSPS) is 10.0. The van der Waals surface area contributed by atoms with Crippen LogP contribution in [0.5, 0.6) is 11.5 Å². The van der Waals surface area contributed by atoms with Crippen molar-refractivity contribution in [2.45, 2.75) is 0 Å². The number of carboxylic acid groups (broad SMARTS) is 1. The zero-order chi connectivity index (χ0) is 14.5. The van der Waals surface area contributed by atoms with Crippen molar-refractivity contribution in [1.29, 1.82) is 0 Å². The van der Waals surface area contributed by atoms with Crippen LogP contribution in [0.15, 0.2) is 48.5 Å². The number of phenolic OH excluding ortho intramolecular Hbond substituents is 1. The minimum absolute atomic E-state index is 0.0799. The Labute approximate surface area is 115 Å². The summed E-state index contributed by atoms with van der Waals surface area (Å²) in [6.45, 7) is -0.438. The lowest BCUT2D eigenvalue weighted by Gasteiger charge is -2.06. The lowest BCUT2D eigenvalue weighted by atomic mass is 10.0. The predicted octanol–water partition coefficient (Wildman–Crippen LogP) is 2.09. The van der Waals surface area contributed by atoms with Gasteiger partial charge in [-0.15, -0.1) is 0 Å². The number of hydrogen-bond donors (Lipinski definition) is 2. The molecule has 0 radical (unpaired) electrons. The molecule has 102 valence electrons. The largest absolute Gasteiger partial charge is 0.507 e. The number of aliphatic carboxylic acids is 1. The molecular formula is C15H12O5. The fourth-order valence-electron chi connectivity index (χ4n) is 1.67. The fraction of sp³-hybridized carbons (Fsp3) is 0.0667. The highest BCUT2D eigenvalue weighted by Crippen LogP contribution is 2.21. The summed E-state index contributed by atoms with van der Waals surface area (Å²) in [6.07, 6.45) is 0. The first-order valence-corrected chi connectivity index (χ1v) is 5.85. The van der Waals surface area contributed by atoms with E-state index in [0.29, 0.717) is 11.3 Å². The molecule has 0 spiro atoms. The number of aromatic hydroxyl groups is 1. The molecule has 2 aromatic carbocycles. The summed E-state index contributed by atoms with van der Waals surface area (Å²) in [5, 5.41) is 18.1. The van der Waals surface area contributed by atoms with Crippen LogP contribution in [0, 0.1) is 0 Å². The van der Waals surface area contributed by atoms with Crippen molar-refractivity contribution in [1.82, 2.24) is 0 Å². The molecule has 0 unspecified atom stereocenters. The van der Waals surface area contributed by atoms with Crippen molar-refractivity contribution in [3.63, 3.8) is 0 Å². The molecule has 0 aliphatic carbocycles. The van der Waals surface area contributed by atoms with Gasteiger partial charge in [-0.3, -0.25) is 4.79 Å². The number of carbonyl (C=O) groups excluding carboxylic acids is 1. The Hall–Kier alpha value is -2.82. The highest BCUT2D eigenvalue weighted by molar-refractivity contribution is 6.10. The summed E-state index contributed by atoms with van der Waals surface area (Å²) >= 11 is 0. The van der Waals surface area contributed by atoms with Gasteiger partial charge in [0.1, 0.15) is 11.5 Å². The first kappa shape index (κ1) is 13.6. The second kappa shape index (κ2) is 5.88. The van der Waals surface area contributed by atoms with Crippen molar-refractivity contribution in [3.8, 4) is 11.5 Å². The molecule has 0 saturated heterocycles. The fourth-order valence-corrected chi connectivity index (χ4v) is 1.67. The van der Waals surface area contributed by atoms with Crippen LogP contribution in [0.25, 0.3) is 0 Å². The number of benzene rings is 2. The smallest absolute Gasteiger partial charge is 0.341 e. The van der Waals surface area contributed by atoms with Crippen LogP contribution in [-0.2, 0) is 4.79 Å². The second-order valence-electron chi connectivity index (χ2n) is 4.05. The number of para-hydroxylation sites is 1. The Morgan fingerprint density at radius 3 is 2.25 bits per heavy atom. The Balaban J connectivity index is 2.16. The van der Waals surface area contributed by atoms with E-state index in [0.717, 1.165) is 0 Å². The van der Waals surface area contributed by atoms with Crippen molar-refractivity contribution in [2.24, 2.45) is 0 Å². The molecule has 2 aromatic rings. The molecule has 2 N–H and O–H groups in total. The standard InChI is InChI=1S/C15H12O5/c16-13-4-2-1-3-12(13)15(19)10-5-7-11(8-6-10)20-9-14(17)18/h1-8,16H,9H2,(H,17,18). The van der Waals surface area contributed by atoms with Gasteiger partial charge in [-0.1, -0.05) is 12.1 Å². The van der Waals surface area contributed by atoms with Gasteiger partial charge in [0.05, 0.1) is 5.56 Å². The van der Waals surface area contributed by atoms with Crippen LogP contribution in [-0.4, -0.2) is 28.6 Å². The third-order valence-electron chi connectivity index (χ3n) is 2.63. The number of ether oxygens (including phenoxy) is 1. The van der Waals surface area contributed by atoms with E-state index in [1.165, 1.54) is 36.4 Å². The van der Waals surface area contributed by atoms with Crippen LogP contribution >= 0.6 is 0 Å². The highest BCUT2D eigenvalue weighted by atomic mass is 16.5. The molecule has 0 bridgehead atoms. The van der Waals surface area contributed by atoms with Gasteiger partial charge in [0.15, 0.2) is 12.4 Å². The minimum Gasteiger partial charge on any atom is -0.507 e. The van der Waals surface area contributed by atoms with Crippen LogP contribution in [0.1, 0.15) is 15.9 Å². The topological polar surface area (TPSA) is 83.8 Å². The average molecular weight is 272 g/mol. The first-order chi connectivity index (χ1) is 9.58. The number of hydrogen-bond acceptors (Lipinski definition) is 4. The summed E-state index contributed by atoms with van der Waals surface area (Å²) in [4.78, 5) is 22.5. The molecule has 0 heterocycles. The molecule has 5 nitrogen and oxygen atoms in total. The molecule has 2 rings (SSSR count). The molecule has 0 aromatic heterocycles. The van der Waals surface area contributed by atoms with Gasteiger partial charge in [0, 0.05) is 5.56 Å². The molecule has 0 aliphatic rings. The van der Waals surface area contributed by atoms with E-state index in [4.69, 9.17) is 9.84 Å². The minimum atomic E-state index is -1.07. The van der Waals surface area contributed by atoms with E-state index in [1.807, 2.05) is 0 Å². The highest BCUT2D eigenvalue weighted by Gasteiger charge is 2.12. The maximum Gasteiger partial charge on any atom is 0.341 e. The Bertz CT molecular complexity index is 631. The van der Waals surface area contributed by atoms with Gasteiger partial charge in [-0.25, -0.2) is 4.79 Å². The van der Waals surface area contributed by atoms with Crippen LogP contribution < -0.4 is 4.74 Å². The lowest BCUT2D eigenvalue weighted by molar-refractivity contribution is -0.139. The monoisotopic (exact) mass is 272 g/mol. The Morgan fingerprint density at radius 2 is 1.65 bits per heavy atom. The number of ketones is 1. The molecule has 5 heteroatoms. The van der Waals surface area contributed by atoms with Crippen molar-refractivity contribution >= 4 is 11.8 Å². The number of rotatable bonds is 5. The van der Waals surface area contributed by atoms with E-state index >= 15 is 0 Å². The number of carboxylic acids is 1. The van der Waals surface area contributed by atoms with Gasteiger partial charge < -0.3 is 14.9 Å². The van der Waals surface area contributed by atoms with E-state index < -0.39 is 12.6 Å². The number of carbonyl (C=O) groups is 2. The SMILES string of the molecule is O=C(O)COc1ccc(C(=O)c2ccccc2O)cc1. The summed E-state index contributed by atoms with van der Waals surface area (Å²) in [7, 11) is 0. The van der Waals surface area contributed by atoms with Crippen LogP contribution in [0.4, 0.5) is 0 Å². The van der Waals surface area contributed by atoms with Crippen LogP contribution in [0.2, 0.25) is 0 Å². The molecule has 20 heavy (non-hydrogen) atoms. The predicted molar refractivity (Wildman–Crippen MR) is 71.1 cm³/mol. The zero-order valence-electron chi connectivity index (χ0n) is 10.4. The second-order valence-corrected chi connectivity index (χ2v) is 4.05. The van der Waals surface area contributed by atoms with Gasteiger partial charge in [-0.2, -0.15) is 0 Å². The maximum absolute atomic E-state index is 12.1. The molecule has 0 fully saturated rings.